The Labute approximate surface area is 146 Å². The molecule has 21 heavy (non-hydrogen) atoms. The standard InChI is InChI=1S/C13H12BrCl2NO2S2/c1-8(6-9-2-4-10(15)5-3-9)17-21(18,19)12-7-11(16)13(14)20-12/h2-5,7-8,17H,6H2,1H3. The van der Waals surface area contributed by atoms with Crippen LogP contribution in [0.15, 0.2) is 38.3 Å². The molecule has 2 aromatic rings. The zero-order chi connectivity index (χ0) is 15.6. The van der Waals surface area contributed by atoms with Gasteiger partial charge in [-0.3, -0.25) is 0 Å². The first-order valence-electron chi connectivity index (χ1n) is 5.99. The maximum Gasteiger partial charge on any atom is 0.250 e. The maximum absolute atomic E-state index is 12.3. The Morgan fingerprint density at radius 2 is 1.90 bits per heavy atom. The normalized spacial score (nSPS) is 13.3. The van der Waals surface area contributed by atoms with E-state index < -0.39 is 10.0 Å². The fraction of sp³-hybridized carbons (Fsp3) is 0.231. The third-order valence-corrected chi connectivity index (χ3v) is 7.49. The number of hydrogen-bond donors (Lipinski definition) is 1. The molecule has 0 bridgehead atoms. The van der Waals surface area contributed by atoms with Crippen LogP contribution in [0, 0.1) is 0 Å². The smallest absolute Gasteiger partial charge is 0.207 e. The van der Waals surface area contributed by atoms with Crippen molar-refractivity contribution < 1.29 is 8.42 Å². The molecule has 1 aromatic carbocycles. The molecular formula is C13H12BrCl2NO2S2. The Morgan fingerprint density at radius 3 is 2.43 bits per heavy atom. The summed E-state index contributed by atoms with van der Waals surface area (Å²) in [5.41, 5.74) is 1.01. The highest BCUT2D eigenvalue weighted by Crippen LogP contribution is 2.34. The summed E-state index contributed by atoms with van der Waals surface area (Å²) >= 11 is 16.0. The minimum absolute atomic E-state index is 0.197. The van der Waals surface area contributed by atoms with Crippen LogP contribution < -0.4 is 4.72 Å². The van der Waals surface area contributed by atoms with E-state index >= 15 is 0 Å². The average molecular weight is 429 g/mol. The van der Waals surface area contributed by atoms with Crippen molar-refractivity contribution in [3.63, 3.8) is 0 Å². The zero-order valence-corrected chi connectivity index (χ0v) is 15.7. The first-order chi connectivity index (χ1) is 9.78. The molecule has 1 N–H and O–H groups in total. The number of benzene rings is 1. The van der Waals surface area contributed by atoms with Gasteiger partial charge in [0.15, 0.2) is 0 Å². The fourth-order valence-electron chi connectivity index (χ4n) is 1.80. The van der Waals surface area contributed by atoms with Gasteiger partial charge in [-0.25, -0.2) is 13.1 Å². The summed E-state index contributed by atoms with van der Waals surface area (Å²) < 4.78 is 28.0. The molecule has 0 saturated heterocycles. The van der Waals surface area contributed by atoms with E-state index in [2.05, 4.69) is 20.7 Å². The molecule has 0 spiro atoms. The largest absolute Gasteiger partial charge is 0.250 e. The highest BCUT2D eigenvalue weighted by molar-refractivity contribution is 9.11. The van der Waals surface area contributed by atoms with Gasteiger partial charge in [-0.2, -0.15) is 0 Å². The van der Waals surface area contributed by atoms with E-state index in [1.807, 2.05) is 19.1 Å². The summed E-state index contributed by atoms with van der Waals surface area (Å²) in [4.78, 5) is 0. The first kappa shape index (κ1) is 17.2. The van der Waals surface area contributed by atoms with Gasteiger partial charge >= 0.3 is 0 Å². The van der Waals surface area contributed by atoms with Gasteiger partial charge in [0.25, 0.3) is 0 Å². The molecule has 1 heterocycles. The topological polar surface area (TPSA) is 46.2 Å². The van der Waals surface area contributed by atoms with Crippen LogP contribution in [0.5, 0.6) is 0 Å². The van der Waals surface area contributed by atoms with Crippen LogP contribution in [0.3, 0.4) is 0 Å². The molecular weight excluding hydrogens is 417 g/mol. The van der Waals surface area contributed by atoms with Gasteiger partial charge in [0.05, 0.1) is 8.81 Å². The maximum atomic E-state index is 12.3. The second kappa shape index (κ2) is 6.98. The monoisotopic (exact) mass is 427 g/mol. The Bertz CT molecular complexity index is 710. The molecule has 8 heteroatoms. The van der Waals surface area contributed by atoms with Crippen LogP contribution in [0.4, 0.5) is 0 Å². The lowest BCUT2D eigenvalue weighted by Gasteiger charge is -2.13. The number of nitrogens with one attached hydrogen (secondary N) is 1. The van der Waals surface area contributed by atoms with Gasteiger partial charge in [0.2, 0.25) is 10.0 Å². The molecule has 1 aromatic heterocycles. The molecule has 0 amide bonds. The molecule has 1 atom stereocenters. The number of hydrogen-bond acceptors (Lipinski definition) is 3. The molecule has 2 rings (SSSR count). The molecule has 0 aliphatic heterocycles. The van der Waals surface area contributed by atoms with Crippen LogP contribution >= 0.6 is 50.5 Å². The highest BCUT2D eigenvalue weighted by Gasteiger charge is 2.21. The van der Waals surface area contributed by atoms with E-state index in [1.165, 1.54) is 6.07 Å². The first-order valence-corrected chi connectivity index (χ1v) is 9.84. The Balaban J connectivity index is 2.07. The van der Waals surface area contributed by atoms with Crippen molar-refractivity contribution in [2.75, 3.05) is 0 Å². The zero-order valence-electron chi connectivity index (χ0n) is 10.9. The van der Waals surface area contributed by atoms with Gasteiger partial charge < -0.3 is 0 Å². The number of sulfonamides is 1. The van der Waals surface area contributed by atoms with Crippen LogP contribution in [0.2, 0.25) is 10.0 Å². The van der Waals surface area contributed by atoms with E-state index in [0.29, 0.717) is 20.3 Å². The van der Waals surface area contributed by atoms with Crippen LogP contribution in [0.1, 0.15) is 12.5 Å². The molecule has 3 nitrogen and oxygen atoms in total. The van der Waals surface area contributed by atoms with Gasteiger partial charge in [0, 0.05) is 11.1 Å². The van der Waals surface area contributed by atoms with Crippen LogP contribution in [-0.4, -0.2) is 14.5 Å². The average Bonchev–Trinajstić information content (AvgIpc) is 2.73. The van der Waals surface area contributed by atoms with Gasteiger partial charge in [0.1, 0.15) is 4.21 Å². The second-order valence-corrected chi connectivity index (χ2v) is 9.69. The van der Waals surface area contributed by atoms with Crippen molar-refractivity contribution in [1.29, 1.82) is 0 Å². The van der Waals surface area contributed by atoms with E-state index in [9.17, 15) is 8.42 Å². The summed E-state index contributed by atoms with van der Waals surface area (Å²) in [6, 6.07) is 8.53. The molecule has 1 unspecified atom stereocenters. The lowest BCUT2D eigenvalue weighted by Crippen LogP contribution is -2.33. The Kier molecular flexibility index (Phi) is 5.73. The predicted molar refractivity (Wildman–Crippen MR) is 92.0 cm³/mol. The fourth-order valence-corrected chi connectivity index (χ4v) is 5.58. The molecule has 0 aliphatic rings. The van der Waals surface area contributed by atoms with Gasteiger partial charge in [-0.15, -0.1) is 11.3 Å². The van der Waals surface area contributed by atoms with Gasteiger partial charge in [-0.05, 0) is 53.0 Å². The summed E-state index contributed by atoms with van der Waals surface area (Å²) in [5.74, 6) is 0. The molecule has 0 saturated carbocycles. The van der Waals surface area contributed by atoms with Crippen molar-refractivity contribution in [3.05, 3.63) is 49.7 Å². The Morgan fingerprint density at radius 1 is 1.29 bits per heavy atom. The van der Waals surface area contributed by atoms with Crippen molar-refractivity contribution in [3.8, 4) is 0 Å². The summed E-state index contributed by atoms with van der Waals surface area (Å²) in [6.45, 7) is 1.82. The van der Waals surface area contributed by atoms with E-state index in [1.54, 1.807) is 12.1 Å². The number of halogens is 3. The summed E-state index contributed by atoms with van der Waals surface area (Å²) in [7, 11) is -3.56. The molecule has 114 valence electrons. The second-order valence-electron chi connectivity index (χ2n) is 4.54. The quantitative estimate of drug-likeness (QED) is 0.748. The number of rotatable bonds is 5. The van der Waals surface area contributed by atoms with E-state index in [4.69, 9.17) is 23.2 Å². The minimum atomic E-state index is -3.56. The molecule has 0 fully saturated rings. The minimum Gasteiger partial charge on any atom is -0.207 e. The lowest BCUT2D eigenvalue weighted by atomic mass is 10.1. The molecule has 0 aliphatic carbocycles. The molecule has 0 radical (unpaired) electrons. The van der Waals surface area contributed by atoms with Gasteiger partial charge in [-0.1, -0.05) is 35.3 Å². The summed E-state index contributed by atoms with van der Waals surface area (Å²) in [6.07, 6.45) is 0.580. The lowest BCUT2D eigenvalue weighted by molar-refractivity contribution is 0.562. The number of thiophene rings is 1. The summed E-state index contributed by atoms with van der Waals surface area (Å²) in [5, 5.41) is 1.05. The van der Waals surface area contributed by atoms with E-state index in [0.717, 1.165) is 16.9 Å². The van der Waals surface area contributed by atoms with Crippen molar-refractivity contribution in [1.82, 2.24) is 4.72 Å². The van der Waals surface area contributed by atoms with Crippen LogP contribution in [0.25, 0.3) is 0 Å². The SMILES string of the molecule is CC(Cc1ccc(Cl)cc1)NS(=O)(=O)c1cc(Cl)c(Br)s1. The van der Waals surface area contributed by atoms with E-state index in [-0.39, 0.29) is 10.3 Å². The Hall–Kier alpha value is -0.110. The highest BCUT2D eigenvalue weighted by atomic mass is 79.9. The van der Waals surface area contributed by atoms with Crippen LogP contribution in [-0.2, 0) is 16.4 Å². The van der Waals surface area contributed by atoms with Crippen molar-refractivity contribution in [2.24, 2.45) is 0 Å². The van der Waals surface area contributed by atoms with Crippen molar-refractivity contribution in [2.45, 2.75) is 23.6 Å². The van der Waals surface area contributed by atoms with Crippen molar-refractivity contribution >= 4 is 60.5 Å². The third kappa shape index (κ3) is 4.68. The predicted octanol–water partition coefficient (Wildman–Crippen LogP) is 4.73. The third-order valence-electron chi connectivity index (χ3n) is 2.70.